The van der Waals surface area contributed by atoms with Crippen LogP contribution in [-0.2, 0) is 28.6 Å². The third kappa shape index (κ3) is 53.3. The largest absolute Gasteiger partial charge is 0.462 e. The molecule has 1 atom stereocenters. The molecule has 0 radical (unpaired) electrons. The van der Waals surface area contributed by atoms with Gasteiger partial charge in [0.05, 0.1) is 0 Å². The molecule has 0 bridgehead atoms. The van der Waals surface area contributed by atoms with Gasteiger partial charge in [-0.3, -0.25) is 14.4 Å². The van der Waals surface area contributed by atoms with Crippen molar-refractivity contribution >= 4 is 17.9 Å². The van der Waals surface area contributed by atoms with Crippen LogP contribution in [0.5, 0.6) is 0 Å². The molecule has 0 aliphatic rings. The van der Waals surface area contributed by atoms with Crippen molar-refractivity contribution in [3.05, 3.63) is 97.2 Å². The Morgan fingerprint density at radius 1 is 0.309 bits per heavy atom. The third-order valence-electron chi connectivity index (χ3n) is 11.8. The fourth-order valence-electron chi connectivity index (χ4n) is 7.55. The van der Waals surface area contributed by atoms with E-state index in [-0.39, 0.29) is 31.1 Å². The van der Waals surface area contributed by atoms with Crippen LogP contribution in [0.25, 0.3) is 0 Å². The molecule has 0 N–H and O–H groups in total. The van der Waals surface area contributed by atoms with E-state index in [9.17, 15) is 14.4 Å². The normalized spacial score (nSPS) is 12.8. The first kappa shape index (κ1) is 64.3. The van der Waals surface area contributed by atoms with Gasteiger partial charge in [0.15, 0.2) is 6.10 Å². The molecule has 0 aromatic rings. The molecule has 388 valence electrons. The summed E-state index contributed by atoms with van der Waals surface area (Å²) in [4.78, 5) is 37.9. The Hall–Kier alpha value is -3.67. The zero-order valence-corrected chi connectivity index (χ0v) is 44.3. The minimum atomic E-state index is -0.785. The maximum atomic E-state index is 12.8. The summed E-state index contributed by atoms with van der Waals surface area (Å²) >= 11 is 0. The Morgan fingerprint density at radius 3 is 0.971 bits per heavy atom. The highest BCUT2D eigenvalue weighted by Crippen LogP contribution is 2.15. The second kappa shape index (κ2) is 55.9. The molecule has 0 aromatic carbocycles. The molecule has 0 aromatic heterocycles. The summed E-state index contributed by atoms with van der Waals surface area (Å²) in [6.07, 6.45) is 74.1. The van der Waals surface area contributed by atoms with Gasteiger partial charge in [-0.15, -0.1) is 0 Å². The quantitative estimate of drug-likeness (QED) is 0.0262. The number of allylic oxidation sites excluding steroid dienone is 16. The van der Waals surface area contributed by atoms with Crippen LogP contribution in [-0.4, -0.2) is 37.2 Å². The molecule has 1 unspecified atom stereocenters. The molecule has 0 amide bonds. The molecule has 6 heteroatoms. The fraction of sp³-hybridized carbons (Fsp3) is 0.694. The molecular formula is C62H104O6. The first-order valence-corrected chi connectivity index (χ1v) is 28.2. The first-order chi connectivity index (χ1) is 33.5. The summed E-state index contributed by atoms with van der Waals surface area (Å²) in [6.45, 7) is 6.40. The van der Waals surface area contributed by atoms with E-state index in [1.165, 1.54) is 96.3 Å². The molecule has 0 saturated heterocycles. The van der Waals surface area contributed by atoms with Crippen LogP contribution in [0.15, 0.2) is 97.2 Å². The highest BCUT2D eigenvalue weighted by Gasteiger charge is 2.19. The van der Waals surface area contributed by atoms with Gasteiger partial charge < -0.3 is 14.2 Å². The van der Waals surface area contributed by atoms with Crippen molar-refractivity contribution in [2.75, 3.05) is 13.2 Å². The van der Waals surface area contributed by atoms with Gasteiger partial charge in [0.2, 0.25) is 0 Å². The SMILES string of the molecule is CC/C=C\C/C=C\C/C=C\C/C=C\C/C=C\C/C=C\CCCCCCCCCCCCC(=O)OCC(COC(=O)CCCCCCC/C=C\CCC)OC(=O)CCCCCCC/C=C\CCCC. The van der Waals surface area contributed by atoms with Gasteiger partial charge in [-0.2, -0.15) is 0 Å². The molecule has 0 spiro atoms. The van der Waals surface area contributed by atoms with Crippen LogP contribution < -0.4 is 0 Å². The molecule has 0 heterocycles. The molecule has 68 heavy (non-hydrogen) atoms. The Morgan fingerprint density at radius 2 is 0.603 bits per heavy atom. The van der Waals surface area contributed by atoms with E-state index in [4.69, 9.17) is 14.2 Å². The Kier molecular flexibility index (Phi) is 52.9. The molecule has 0 fully saturated rings. The summed E-state index contributed by atoms with van der Waals surface area (Å²) in [6, 6.07) is 0. The molecule has 0 aliphatic carbocycles. The zero-order chi connectivity index (χ0) is 49.3. The predicted molar refractivity (Wildman–Crippen MR) is 293 cm³/mol. The highest BCUT2D eigenvalue weighted by molar-refractivity contribution is 5.71. The van der Waals surface area contributed by atoms with Crippen molar-refractivity contribution in [3.63, 3.8) is 0 Å². The van der Waals surface area contributed by atoms with E-state index in [1.807, 2.05) is 0 Å². The smallest absolute Gasteiger partial charge is 0.306 e. The van der Waals surface area contributed by atoms with Gasteiger partial charge in [0, 0.05) is 19.3 Å². The van der Waals surface area contributed by atoms with E-state index in [0.717, 1.165) is 122 Å². The van der Waals surface area contributed by atoms with Crippen LogP contribution in [0, 0.1) is 0 Å². The number of carbonyl (C=O) groups excluding carboxylic acids is 3. The highest BCUT2D eigenvalue weighted by atomic mass is 16.6. The Bertz CT molecular complexity index is 1360. The Labute approximate surface area is 419 Å². The van der Waals surface area contributed by atoms with Gasteiger partial charge >= 0.3 is 17.9 Å². The van der Waals surface area contributed by atoms with Crippen molar-refractivity contribution in [1.82, 2.24) is 0 Å². The van der Waals surface area contributed by atoms with E-state index in [0.29, 0.717) is 19.3 Å². The molecule has 0 aliphatic heterocycles. The van der Waals surface area contributed by atoms with Crippen molar-refractivity contribution in [3.8, 4) is 0 Å². The summed E-state index contributed by atoms with van der Waals surface area (Å²) in [5.41, 5.74) is 0. The number of rotatable bonds is 50. The van der Waals surface area contributed by atoms with Crippen LogP contribution in [0.2, 0.25) is 0 Å². The lowest BCUT2D eigenvalue weighted by Gasteiger charge is -2.18. The van der Waals surface area contributed by atoms with Crippen LogP contribution in [0.3, 0.4) is 0 Å². The average Bonchev–Trinajstić information content (AvgIpc) is 3.34. The minimum Gasteiger partial charge on any atom is -0.462 e. The van der Waals surface area contributed by atoms with E-state index >= 15 is 0 Å². The van der Waals surface area contributed by atoms with Gasteiger partial charge in [0.25, 0.3) is 0 Å². The number of hydrogen-bond acceptors (Lipinski definition) is 6. The van der Waals surface area contributed by atoms with Crippen molar-refractivity contribution in [2.24, 2.45) is 0 Å². The van der Waals surface area contributed by atoms with Gasteiger partial charge in [-0.25, -0.2) is 0 Å². The van der Waals surface area contributed by atoms with Crippen LogP contribution >= 0.6 is 0 Å². The monoisotopic (exact) mass is 945 g/mol. The summed E-state index contributed by atoms with van der Waals surface area (Å²) in [7, 11) is 0. The molecule has 0 saturated carbocycles. The summed E-state index contributed by atoms with van der Waals surface area (Å²) < 4.78 is 16.8. The van der Waals surface area contributed by atoms with Gasteiger partial charge in [0.1, 0.15) is 13.2 Å². The van der Waals surface area contributed by atoms with E-state index in [2.05, 4.69) is 118 Å². The number of carbonyl (C=O) groups is 3. The second-order valence-electron chi connectivity index (χ2n) is 18.5. The van der Waals surface area contributed by atoms with Gasteiger partial charge in [-0.05, 0) is 109 Å². The van der Waals surface area contributed by atoms with Gasteiger partial charge in [-0.1, -0.05) is 227 Å². The second-order valence-corrected chi connectivity index (χ2v) is 18.5. The number of ether oxygens (including phenoxy) is 3. The number of esters is 3. The average molecular weight is 946 g/mol. The van der Waals surface area contributed by atoms with Crippen LogP contribution in [0.4, 0.5) is 0 Å². The lowest BCUT2D eigenvalue weighted by Crippen LogP contribution is -2.30. The standard InChI is InChI=1S/C62H104O6/c1-4-7-10-13-16-19-22-23-24-25-26-27-28-29-30-31-32-33-34-35-36-37-38-39-41-43-46-49-52-55-61(64)67-58-59(57-66-60(63)54-51-48-45-42-21-18-15-12-9-6-3)68-62(65)56-53-50-47-44-40-20-17-14-11-8-5-2/h7,10,12,14-17,19,23-24,26-27,29-30,32-33,59H,4-6,8-9,11,13,18,20-22,25,28,31,34-58H2,1-3H3/b10-7-,15-12-,17-14-,19-16-,24-23-,27-26-,30-29-,33-32-. The fourth-order valence-corrected chi connectivity index (χ4v) is 7.55. The van der Waals surface area contributed by atoms with Crippen molar-refractivity contribution in [1.29, 1.82) is 0 Å². The number of unbranched alkanes of at least 4 members (excludes halogenated alkanes) is 23. The third-order valence-corrected chi connectivity index (χ3v) is 11.8. The summed E-state index contributed by atoms with van der Waals surface area (Å²) in [5, 5.41) is 0. The lowest BCUT2D eigenvalue weighted by atomic mass is 10.1. The topological polar surface area (TPSA) is 78.9 Å². The van der Waals surface area contributed by atoms with Crippen molar-refractivity contribution < 1.29 is 28.6 Å². The first-order valence-electron chi connectivity index (χ1n) is 28.2. The maximum Gasteiger partial charge on any atom is 0.306 e. The molecular weight excluding hydrogens is 841 g/mol. The molecule has 6 nitrogen and oxygen atoms in total. The minimum absolute atomic E-state index is 0.0856. The van der Waals surface area contributed by atoms with Crippen LogP contribution in [0.1, 0.15) is 258 Å². The predicted octanol–water partition coefficient (Wildman–Crippen LogP) is 18.9. The van der Waals surface area contributed by atoms with Crippen molar-refractivity contribution in [2.45, 2.75) is 264 Å². The maximum absolute atomic E-state index is 12.8. The zero-order valence-electron chi connectivity index (χ0n) is 44.3. The Balaban J connectivity index is 4.17. The molecule has 0 rings (SSSR count). The number of hydrogen-bond donors (Lipinski definition) is 0. The van der Waals surface area contributed by atoms with E-state index < -0.39 is 6.10 Å². The summed E-state index contributed by atoms with van der Waals surface area (Å²) in [5.74, 6) is -0.911. The lowest BCUT2D eigenvalue weighted by molar-refractivity contribution is -0.167. The van der Waals surface area contributed by atoms with E-state index in [1.54, 1.807) is 0 Å².